The predicted octanol–water partition coefficient (Wildman–Crippen LogP) is 3.31. The van der Waals surface area contributed by atoms with Crippen molar-refractivity contribution < 1.29 is 0 Å². The summed E-state index contributed by atoms with van der Waals surface area (Å²) in [4.78, 5) is 9.63. The molecule has 0 heterocycles. The molecule has 0 aliphatic carbocycles. The first kappa shape index (κ1) is 26.3. The highest BCUT2D eigenvalue weighted by molar-refractivity contribution is 4.84. The predicted molar refractivity (Wildman–Crippen MR) is 127 cm³/mol. The van der Waals surface area contributed by atoms with Gasteiger partial charge in [0.15, 0.2) is 0 Å². The quantitative estimate of drug-likeness (QED) is 0.281. The van der Waals surface area contributed by atoms with Crippen LogP contribution in [0.5, 0.6) is 0 Å². The molecule has 0 saturated heterocycles. The van der Waals surface area contributed by atoms with Gasteiger partial charge in [-0.25, -0.2) is 0 Å². The first-order chi connectivity index (χ1) is 13.6. The van der Waals surface area contributed by atoms with E-state index in [1.54, 1.807) is 0 Å². The Kier molecular flexibility index (Phi) is 17.5. The van der Waals surface area contributed by atoms with E-state index in [1.165, 1.54) is 0 Å². The second-order valence-corrected chi connectivity index (χ2v) is 6.85. The largest absolute Gasteiger partial charge is 0.300 e. The standard InChI is InChI=1S/C24H42N4/c1-7-13-25(14-8-2)19-22-28(23-20-26(15-9-3)16-10-4)24-21-27(17-11-5)18-12-6/h7-12H,1-6,13-24H2. The molecule has 0 saturated carbocycles. The zero-order chi connectivity index (χ0) is 21.0. The van der Waals surface area contributed by atoms with Gasteiger partial charge in [-0.3, -0.25) is 19.6 Å². The first-order valence-electron chi connectivity index (χ1n) is 10.2. The molecule has 0 aromatic heterocycles. The van der Waals surface area contributed by atoms with Crippen LogP contribution in [0.4, 0.5) is 0 Å². The Morgan fingerprint density at radius 3 is 0.679 bits per heavy atom. The molecule has 0 aliphatic rings. The number of rotatable bonds is 21. The van der Waals surface area contributed by atoms with Crippen LogP contribution in [-0.4, -0.2) is 98.1 Å². The Balaban J connectivity index is 4.85. The number of hydrogen-bond acceptors (Lipinski definition) is 4. The molecular weight excluding hydrogens is 344 g/mol. The van der Waals surface area contributed by atoms with Gasteiger partial charge in [0, 0.05) is 78.5 Å². The third kappa shape index (κ3) is 13.4. The van der Waals surface area contributed by atoms with Gasteiger partial charge in [-0.2, -0.15) is 0 Å². The van der Waals surface area contributed by atoms with Crippen LogP contribution in [0.25, 0.3) is 0 Å². The fourth-order valence-corrected chi connectivity index (χ4v) is 3.05. The Morgan fingerprint density at radius 2 is 0.500 bits per heavy atom. The molecule has 0 fully saturated rings. The zero-order valence-electron chi connectivity index (χ0n) is 18.0. The second kappa shape index (κ2) is 18.6. The van der Waals surface area contributed by atoms with E-state index in [0.29, 0.717) is 0 Å². The lowest BCUT2D eigenvalue weighted by Crippen LogP contribution is -2.43. The van der Waals surface area contributed by atoms with Gasteiger partial charge in [0.25, 0.3) is 0 Å². The van der Waals surface area contributed by atoms with E-state index in [-0.39, 0.29) is 0 Å². The van der Waals surface area contributed by atoms with Crippen LogP contribution in [-0.2, 0) is 0 Å². The van der Waals surface area contributed by atoms with Gasteiger partial charge in [0.05, 0.1) is 0 Å². The second-order valence-electron chi connectivity index (χ2n) is 6.85. The summed E-state index contributed by atoms with van der Waals surface area (Å²) in [6.07, 6.45) is 11.7. The van der Waals surface area contributed by atoms with Crippen molar-refractivity contribution in [3.63, 3.8) is 0 Å². The lowest BCUT2D eigenvalue weighted by atomic mass is 10.3. The maximum Gasteiger partial charge on any atom is 0.0164 e. The highest BCUT2D eigenvalue weighted by Crippen LogP contribution is 1.99. The lowest BCUT2D eigenvalue weighted by Gasteiger charge is -2.30. The molecule has 0 aromatic rings. The van der Waals surface area contributed by atoms with Crippen molar-refractivity contribution in [1.29, 1.82) is 0 Å². The minimum atomic E-state index is 0.887. The third-order valence-electron chi connectivity index (χ3n) is 4.52. The molecule has 0 radical (unpaired) electrons. The van der Waals surface area contributed by atoms with E-state index < -0.39 is 0 Å². The fourth-order valence-electron chi connectivity index (χ4n) is 3.05. The molecule has 0 aromatic carbocycles. The van der Waals surface area contributed by atoms with E-state index in [9.17, 15) is 0 Å². The Bertz CT molecular complexity index is 361. The molecule has 4 heteroatoms. The smallest absolute Gasteiger partial charge is 0.0164 e. The summed E-state index contributed by atoms with van der Waals surface area (Å²) in [6.45, 7) is 34.6. The van der Waals surface area contributed by atoms with Crippen molar-refractivity contribution >= 4 is 0 Å². The molecule has 0 amide bonds. The molecule has 0 bridgehead atoms. The maximum absolute atomic E-state index is 3.87. The molecule has 0 atom stereocenters. The number of nitrogens with zero attached hydrogens (tertiary/aromatic N) is 4. The van der Waals surface area contributed by atoms with E-state index in [1.807, 2.05) is 36.5 Å². The van der Waals surface area contributed by atoms with Crippen LogP contribution in [0.3, 0.4) is 0 Å². The van der Waals surface area contributed by atoms with E-state index in [4.69, 9.17) is 0 Å². The summed E-state index contributed by atoms with van der Waals surface area (Å²) in [7, 11) is 0. The third-order valence-corrected chi connectivity index (χ3v) is 4.52. The van der Waals surface area contributed by atoms with Crippen LogP contribution in [0.15, 0.2) is 75.9 Å². The summed E-state index contributed by atoms with van der Waals surface area (Å²) < 4.78 is 0. The minimum absolute atomic E-state index is 0.887. The minimum Gasteiger partial charge on any atom is -0.300 e. The molecule has 0 aliphatic heterocycles. The number of hydrogen-bond donors (Lipinski definition) is 0. The van der Waals surface area contributed by atoms with Crippen molar-refractivity contribution in [2.24, 2.45) is 0 Å². The van der Waals surface area contributed by atoms with Crippen molar-refractivity contribution in [3.8, 4) is 0 Å². The van der Waals surface area contributed by atoms with Crippen LogP contribution in [0.2, 0.25) is 0 Å². The average Bonchev–Trinajstić information content (AvgIpc) is 2.68. The Labute approximate surface area is 174 Å². The summed E-state index contributed by atoms with van der Waals surface area (Å²) in [5.74, 6) is 0. The van der Waals surface area contributed by atoms with Gasteiger partial charge < -0.3 is 0 Å². The molecule has 158 valence electrons. The Hall–Kier alpha value is -1.72. The van der Waals surface area contributed by atoms with Gasteiger partial charge in [-0.05, 0) is 0 Å². The fraction of sp³-hybridized carbons (Fsp3) is 0.500. The van der Waals surface area contributed by atoms with Gasteiger partial charge >= 0.3 is 0 Å². The van der Waals surface area contributed by atoms with Gasteiger partial charge in [-0.1, -0.05) is 36.5 Å². The van der Waals surface area contributed by atoms with Gasteiger partial charge in [0.1, 0.15) is 0 Å². The van der Waals surface area contributed by atoms with Gasteiger partial charge in [0.2, 0.25) is 0 Å². The lowest BCUT2D eigenvalue weighted by molar-refractivity contribution is 0.177. The maximum atomic E-state index is 3.87. The summed E-state index contributed by atoms with van der Waals surface area (Å²) in [5.41, 5.74) is 0. The summed E-state index contributed by atoms with van der Waals surface area (Å²) >= 11 is 0. The Morgan fingerprint density at radius 1 is 0.321 bits per heavy atom. The molecule has 0 spiro atoms. The van der Waals surface area contributed by atoms with Crippen LogP contribution in [0.1, 0.15) is 0 Å². The van der Waals surface area contributed by atoms with Crippen molar-refractivity contribution in [3.05, 3.63) is 75.9 Å². The highest BCUT2D eigenvalue weighted by atomic mass is 15.2. The normalized spacial score (nSPS) is 11.1. The van der Waals surface area contributed by atoms with Crippen molar-refractivity contribution in [1.82, 2.24) is 19.6 Å². The van der Waals surface area contributed by atoms with E-state index >= 15 is 0 Å². The monoisotopic (exact) mass is 386 g/mol. The SMILES string of the molecule is C=CCN(CC=C)CCN(CCN(CC=C)CC=C)CCN(CC=C)CC=C. The molecule has 0 rings (SSSR count). The van der Waals surface area contributed by atoms with E-state index in [0.717, 1.165) is 78.5 Å². The topological polar surface area (TPSA) is 13.0 Å². The molecule has 28 heavy (non-hydrogen) atoms. The molecular formula is C24H42N4. The molecule has 4 nitrogen and oxygen atoms in total. The van der Waals surface area contributed by atoms with Crippen LogP contribution < -0.4 is 0 Å². The van der Waals surface area contributed by atoms with Gasteiger partial charge in [-0.15, -0.1) is 39.5 Å². The first-order valence-corrected chi connectivity index (χ1v) is 10.2. The zero-order valence-corrected chi connectivity index (χ0v) is 18.0. The summed E-state index contributed by atoms with van der Waals surface area (Å²) in [5, 5.41) is 0. The highest BCUT2D eigenvalue weighted by Gasteiger charge is 2.11. The van der Waals surface area contributed by atoms with Crippen LogP contribution in [0, 0.1) is 0 Å². The average molecular weight is 387 g/mol. The van der Waals surface area contributed by atoms with Crippen molar-refractivity contribution in [2.45, 2.75) is 0 Å². The molecule has 0 N–H and O–H groups in total. The molecule has 0 unspecified atom stereocenters. The van der Waals surface area contributed by atoms with E-state index in [2.05, 4.69) is 59.1 Å². The summed E-state index contributed by atoms with van der Waals surface area (Å²) in [6, 6.07) is 0. The van der Waals surface area contributed by atoms with Crippen molar-refractivity contribution in [2.75, 3.05) is 78.5 Å². The van der Waals surface area contributed by atoms with Crippen LogP contribution >= 0.6 is 0 Å².